The Bertz CT molecular complexity index is 500. The standard InChI is InChI=1S/C14H22NO4P/c1-10(2)18-20(17,19-11(3)4)14-9-7-6-8-13(14)15-12(5)16/h6-11H,1-5H3,(H,15,16). The van der Waals surface area contributed by atoms with Gasteiger partial charge in [0.15, 0.2) is 0 Å². The summed E-state index contributed by atoms with van der Waals surface area (Å²) in [4.78, 5) is 11.3. The van der Waals surface area contributed by atoms with Crippen LogP contribution < -0.4 is 10.6 Å². The van der Waals surface area contributed by atoms with Crippen molar-refractivity contribution in [1.29, 1.82) is 0 Å². The Labute approximate surface area is 120 Å². The average Bonchev–Trinajstić information content (AvgIpc) is 2.26. The van der Waals surface area contributed by atoms with Crippen LogP contribution in [0.4, 0.5) is 5.69 Å². The zero-order chi connectivity index (χ0) is 15.3. The lowest BCUT2D eigenvalue weighted by atomic mass is 10.3. The van der Waals surface area contributed by atoms with E-state index in [4.69, 9.17) is 9.05 Å². The topological polar surface area (TPSA) is 64.6 Å². The van der Waals surface area contributed by atoms with E-state index >= 15 is 0 Å². The highest BCUT2D eigenvalue weighted by atomic mass is 31.2. The van der Waals surface area contributed by atoms with Crippen molar-refractivity contribution < 1.29 is 18.4 Å². The number of hydrogen-bond acceptors (Lipinski definition) is 4. The van der Waals surface area contributed by atoms with E-state index in [1.807, 2.05) is 0 Å². The first-order valence-electron chi connectivity index (χ1n) is 6.58. The van der Waals surface area contributed by atoms with Crippen LogP contribution in [0.3, 0.4) is 0 Å². The van der Waals surface area contributed by atoms with E-state index in [1.54, 1.807) is 52.0 Å². The minimum absolute atomic E-state index is 0.238. The Morgan fingerprint density at radius 3 is 2.05 bits per heavy atom. The number of rotatable bonds is 6. The fraction of sp³-hybridized carbons (Fsp3) is 0.500. The molecule has 0 atom stereocenters. The van der Waals surface area contributed by atoms with Gasteiger partial charge < -0.3 is 14.4 Å². The molecule has 1 aromatic carbocycles. The molecule has 20 heavy (non-hydrogen) atoms. The molecule has 1 rings (SSSR count). The van der Waals surface area contributed by atoms with Gasteiger partial charge in [0.1, 0.15) is 0 Å². The van der Waals surface area contributed by atoms with Crippen LogP contribution in [0.15, 0.2) is 24.3 Å². The van der Waals surface area contributed by atoms with Gasteiger partial charge in [-0.15, -0.1) is 0 Å². The predicted molar refractivity (Wildman–Crippen MR) is 80.4 cm³/mol. The lowest BCUT2D eigenvalue weighted by Gasteiger charge is -2.24. The van der Waals surface area contributed by atoms with Gasteiger partial charge in [0, 0.05) is 6.92 Å². The van der Waals surface area contributed by atoms with Crippen molar-refractivity contribution in [2.24, 2.45) is 0 Å². The number of nitrogens with one attached hydrogen (secondary N) is 1. The number of amides is 1. The molecule has 112 valence electrons. The highest BCUT2D eigenvalue weighted by Gasteiger charge is 2.32. The molecular formula is C14H22NO4P. The average molecular weight is 299 g/mol. The van der Waals surface area contributed by atoms with Crippen molar-refractivity contribution in [3.05, 3.63) is 24.3 Å². The summed E-state index contributed by atoms with van der Waals surface area (Å²) in [6, 6.07) is 6.82. The Morgan fingerprint density at radius 2 is 1.60 bits per heavy atom. The number of para-hydroxylation sites is 1. The summed E-state index contributed by atoms with van der Waals surface area (Å²) in [7, 11) is -3.49. The zero-order valence-electron chi connectivity index (χ0n) is 12.5. The third kappa shape index (κ3) is 4.75. The monoisotopic (exact) mass is 299 g/mol. The third-order valence-corrected chi connectivity index (χ3v) is 4.59. The maximum Gasteiger partial charge on any atom is 0.363 e. The van der Waals surface area contributed by atoms with E-state index in [9.17, 15) is 9.36 Å². The first kappa shape index (κ1) is 16.9. The molecule has 0 aromatic heterocycles. The Balaban J connectivity index is 3.26. The molecule has 5 nitrogen and oxygen atoms in total. The van der Waals surface area contributed by atoms with Gasteiger partial charge in [0.25, 0.3) is 0 Å². The molecule has 0 heterocycles. The molecule has 0 fully saturated rings. The molecular weight excluding hydrogens is 277 g/mol. The van der Waals surface area contributed by atoms with Gasteiger partial charge in [0.2, 0.25) is 5.91 Å². The smallest absolute Gasteiger partial charge is 0.325 e. The van der Waals surface area contributed by atoms with E-state index in [-0.39, 0.29) is 18.1 Å². The van der Waals surface area contributed by atoms with Crippen LogP contribution in [-0.4, -0.2) is 18.1 Å². The molecule has 0 radical (unpaired) electrons. The second-order valence-corrected chi connectivity index (χ2v) is 6.90. The summed E-state index contributed by atoms with van der Waals surface area (Å²) in [5, 5.41) is 3.03. The summed E-state index contributed by atoms with van der Waals surface area (Å²) >= 11 is 0. The number of hydrogen-bond donors (Lipinski definition) is 1. The fourth-order valence-corrected chi connectivity index (χ4v) is 3.78. The fourth-order valence-electron chi connectivity index (χ4n) is 1.70. The molecule has 1 N–H and O–H groups in total. The van der Waals surface area contributed by atoms with Crippen LogP contribution in [0.5, 0.6) is 0 Å². The Morgan fingerprint density at radius 1 is 1.10 bits per heavy atom. The Kier molecular flexibility index (Phi) is 5.93. The Hall–Kier alpha value is -1.16. The van der Waals surface area contributed by atoms with E-state index in [1.165, 1.54) is 6.92 Å². The lowest BCUT2D eigenvalue weighted by Crippen LogP contribution is -2.21. The third-order valence-electron chi connectivity index (χ3n) is 2.21. The molecule has 1 amide bonds. The summed E-state index contributed by atoms with van der Waals surface area (Å²) in [6.07, 6.45) is -0.519. The largest absolute Gasteiger partial charge is 0.363 e. The number of benzene rings is 1. The van der Waals surface area contributed by atoms with Crippen molar-refractivity contribution in [3.8, 4) is 0 Å². The second-order valence-electron chi connectivity index (χ2n) is 5.00. The highest BCUT2D eigenvalue weighted by Crippen LogP contribution is 2.51. The minimum Gasteiger partial charge on any atom is -0.325 e. The first-order valence-corrected chi connectivity index (χ1v) is 8.13. The highest BCUT2D eigenvalue weighted by molar-refractivity contribution is 7.62. The van der Waals surface area contributed by atoms with Gasteiger partial charge in [-0.3, -0.25) is 9.36 Å². The number of carbonyl (C=O) groups excluding carboxylic acids is 1. The second kappa shape index (κ2) is 7.02. The van der Waals surface area contributed by atoms with Crippen LogP contribution in [0.25, 0.3) is 0 Å². The van der Waals surface area contributed by atoms with E-state index in [2.05, 4.69) is 5.32 Å². The molecule has 0 saturated heterocycles. The van der Waals surface area contributed by atoms with Crippen LogP contribution in [-0.2, 0) is 18.4 Å². The summed E-state index contributed by atoms with van der Waals surface area (Å²) < 4.78 is 24.1. The SMILES string of the molecule is CC(=O)Nc1ccccc1P(=O)(OC(C)C)OC(C)C. The number of carbonyl (C=O) groups is 1. The summed E-state index contributed by atoms with van der Waals surface area (Å²) in [5.74, 6) is -0.238. The summed E-state index contributed by atoms with van der Waals surface area (Å²) in [6.45, 7) is 8.55. The van der Waals surface area contributed by atoms with Crippen molar-refractivity contribution in [1.82, 2.24) is 0 Å². The van der Waals surface area contributed by atoms with Crippen LogP contribution in [0, 0.1) is 0 Å². The number of anilines is 1. The lowest BCUT2D eigenvalue weighted by molar-refractivity contribution is -0.114. The van der Waals surface area contributed by atoms with Crippen LogP contribution in [0.1, 0.15) is 34.6 Å². The van der Waals surface area contributed by atoms with Crippen LogP contribution in [0.2, 0.25) is 0 Å². The van der Waals surface area contributed by atoms with Gasteiger partial charge in [-0.1, -0.05) is 12.1 Å². The van der Waals surface area contributed by atoms with Gasteiger partial charge in [-0.05, 0) is 39.8 Å². The normalized spacial score (nSPS) is 11.9. The maximum absolute atomic E-state index is 13.0. The van der Waals surface area contributed by atoms with Gasteiger partial charge in [0.05, 0.1) is 23.2 Å². The van der Waals surface area contributed by atoms with Crippen molar-refractivity contribution in [2.75, 3.05) is 5.32 Å². The molecule has 0 aliphatic heterocycles. The molecule has 1 aromatic rings. The van der Waals surface area contributed by atoms with Gasteiger partial charge >= 0.3 is 7.60 Å². The molecule has 0 unspecified atom stereocenters. The molecule has 0 saturated carbocycles. The van der Waals surface area contributed by atoms with Crippen molar-refractivity contribution in [3.63, 3.8) is 0 Å². The molecule has 0 spiro atoms. The molecule has 0 bridgehead atoms. The molecule has 0 aliphatic rings. The van der Waals surface area contributed by atoms with Crippen LogP contribution >= 0.6 is 7.60 Å². The molecule has 0 aliphatic carbocycles. The van der Waals surface area contributed by atoms with Crippen molar-refractivity contribution >= 4 is 24.5 Å². The quantitative estimate of drug-likeness (QED) is 0.818. The minimum atomic E-state index is -3.49. The molecule has 6 heteroatoms. The zero-order valence-corrected chi connectivity index (χ0v) is 13.4. The maximum atomic E-state index is 13.0. The van der Waals surface area contributed by atoms with E-state index in [0.29, 0.717) is 11.0 Å². The first-order chi connectivity index (χ1) is 9.24. The predicted octanol–water partition coefficient (Wildman–Crippen LogP) is 3.31. The van der Waals surface area contributed by atoms with Crippen molar-refractivity contribution in [2.45, 2.75) is 46.8 Å². The van der Waals surface area contributed by atoms with Gasteiger partial charge in [-0.2, -0.15) is 0 Å². The van der Waals surface area contributed by atoms with E-state index < -0.39 is 7.60 Å². The van der Waals surface area contributed by atoms with Gasteiger partial charge in [-0.25, -0.2) is 0 Å². The van der Waals surface area contributed by atoms with E-state index in [0.717, 1.165) is 0 Å². The summed E-state index contributed by atoms with van der Waals surface area (Å²) in [5.41, 5.74) is 0.449.